The van der Waals surface area contributed by atoms with Crippen LogP contribution in [0.5, 0.6) is 0 Å². The van der Waals surface area contributed by atoms with Gasteiger partial charge in [0.15, 0.2) is 0 Å². The fourth-order valence-electron chi connectivity index (χ4n) is 2.77. The fourth-order valence-corrected chi connectivity index (χ4v) is 3.88. The Kier molecular flexibility index (Phi) is 6.67. The van der Waals surface area contributed by atoms with Gasteiger partial charge in [-0.05, 0) is 49.7 Å². The lowest BCUT2D eigenvalue weighted by Crippen LogP contribution is -2.43. The van der Waals surface area contributed by atoms with Gasteiger partial charge in [0.25, 0.3) is 0 Å². The summed E-state index contributed by atoms with van der Waals surface area (Å²) in [4.78, 5) is 12.1. The lowest BCUT2D eigenvalue weighted by atomic mass is 9.99. The molecule has 0 aromatic heterocycles. The minimum atomic E-state index is 0. The SMILES string of the molecule is Cl.NCC1CCCC1NC(=O)C1CCSCC1. The van der Waals surface area contributed by atoms with E-state index in [2.05, 4.69) is 5.32 Å². The molecule has 1 saturated heterocycles. The second-order valence-corrected chi connectivity index (χ2v) is 6.15. The first kappa shape index (κ1) is 15.1. The minimum absolute atomic E-state index is 0. The maximum absolute atomic E-state index is 12.1. The number of hydrogen-bond acceptors (Lipinski definition) is 3. The van der Waals surface area contributed by atoms with Gasteiger partial charge >= 0.3 is 0 Å². The van der Waals surface area contributed by atoms with E-state index in [0.717, 1.165) is 30.8 Å². The lowest BCUT2D eigenvalue weighted by Gasteiger charge is -2.25. The minimum Gasteiger partial charge on any atom is -0.353 e. The molecular weight excluding hydrogens is 256 g/mol. The first-order chi connectivity index (χ1) is 7.81. The Hall–Kier alpha value is 0.0700. The van der Waals surface area contributed by atoms with Gasteiger partial charge in [-0.2, -0.15) is 11.8 Å². The predicted octanol–water partition coefficient (Wildman–Crippen LogP) is 1.79. The van der Waals surface area contributed by atoms with Gasteiger partial charge in [0.2, 0.25) is 5.91 Å². The predicted molar refractivity (Wildman–Crippen MR) is 75.6 cm³/mol. The highest BCUT2D eigenvalue weighted by Crippen LogP contribution is 2.27. The van der Waals surface area contributed by atoms with Crippen molar-refractivity contribution in [3.05, 3.63) is 0 Å². The summed E-state index contributed by atoms with van der Waals surface area (Å²) in [5, 5.41) is 3.22. The molecule has 0 radical (unpaired) electrons. The van der Waals surface area contributed by atoms with Crippen LogP contribution in [0.4, 0.5) is 0 Å². The highest BCUT2D eigenvalue weighted by atomic mass is 35.5. The normalized spacial score (nSPS) is 29.7. The van der Waals surface area contributed by atoms with Crippen LogP contribution in [0.3, 0.4) is 0 Å². The Labute approximate surface area is 114 Å². The largest absolute Gasteiger partial charge is 0.353 e. The van der Waals surface area contributed by atoms with E-state index in [1.54, 1.807) is 0 Å². The molecule has 1 amide bonds. The molecular formula is C12H23ClN2OS. The molecule has 1 heterocycles. The summed E-state index contributed by atoms with van der Waals surface area (Å²) in [5.74, 6) is 3.35. The summed E-state index contributed by atoms with van der Waals surface area (Å²) >= 11 is 1.96. The van der Waals surface area contributed by atoms with Gasteiger partial charge in [-0.15, -0.1) is 12.4 Å². The standard InChI is InChI=1S/C12H22N2OS.ClH/c13-8-10-2-1-3-11(10)14-12(15)9-4-6-16-7-5-9;/h9-11H,1-8,13H2,(H,14,15);1H. The maximum Gasteiger partial charge on any atom is 0.223 e. The van der Waals surface area contributed by atoms with Gasteiger partial charge in [-0.25, -0.2) is 0 Å². The number of nitrogens with one attached hydrogen (secondary N) is 1. The van der Waals surface area contributed by atoms with Crippen LogP contribution in [0, 0.1) is 11.8 Å². The number of halogens is 1. The Morgan fingerprint density at radius 2 is 1.94 bits per heavy atom. The Bertz CT molecular complexity index is 247. The van der Waals surface area contributed by atoms with Gasteiger partial charge in [0.1, 0.15) is 0 Å². The van der Waals surface area contributed by atoms with E-state index in [1.165, 1.54) is 12.8 Å². The summed E-state index contributed by atoms with van der Waals surface area (Å²) in [5.41, 5.74) is 5.72. The van der Waals surface area contributed by atoms with Crippen molar-refractivity contribution in [2.24, 2.45) is 17.6 Å². The molecule has 3 N–H and O–H groups in total. The molecule has 1 saturated carbocycles. The molecule has 100 valence electrons. The van der Waals surface area contributed by atoms with Gasteiger partial charge in [0.05, 0.1) is 0 Å². The van der Waals surface area contributed by atoms with Gasteiger partial charge < -0.3 is 11.1 Å². The summed E-state index contributed by atoms with van der Waals surface area (Å²) in [6.07, 6.45) is 5.62. The zero-order chi connectivity index (χ0) is 11.4. The van der Waals surface area contributed by atoms with E-state index in [1.807, 2.05) is 11.8 Å². The van der Waals surface area contributed by atoms with Crippen molar-refractivity contribution in [3.8, 4) is 0 Å². The summed E-state index contributed by atoms with van der Waals surface area (Å²) in [7, 11) is 0. The van der Waals surface area contributed by atoms with Gasteiger partial charge in [0, 0.05) is 12.0 Å². The van der Waals surface area contributed by atoms with Crippen LogP contribution in [-0.2, 0) is 4.79 Å². The van der Waals surface area contributed by atoms with Crippen LogP contribution >= 0.6 is 24.2 Å². The van der Waals surface area contributed by atoms with Crippen LogP contribution in [0.25, 0.3) is 0 Å². The maximum atomic E-state index is 12.1. The zero-order valence-electron chi connectivity index (χ0n) is 10.2. The summed E-state index contributed by atoms with van der Waals surface area (Å²) in [6, 6.07) is 0.354. The highest BCUT2D eigenvalue weighted by Gasteiger charge is 2.30. The van der Waals surface area contributed by atoms with E-state index in [0.29, 0.717) is 18.5 Å². The molecule has 2 rings (SSSR count). The van der Waals surface area contributed by atoms with E-state index in [9.17, 15) is 4.79 Å². The topological polar surface area (TPSA) is 55.1 Å². The van der Waals surface area contributed by atoms with E-state index in [-0.39, 0.29) is 24.2 Å². The van der Waals surface area contributed by atoms with Crippen LogP contribution < -0.4 is 11.1 Å². The summed E-state index contributed by atoms with van der Waals surface area (Å²) < 4.78 is 0. The molecule has 0 aromatic carbocycles. The number of rotatable bonds is 3. The van der Waals surface area contributed by atoms with Crippen molar-refractivity contribution in [2.75, 3.05) is 18.1 Å². The van der Waals surface area contributed by atoms with Crippen LogP contribution in [-0.4, -0.2) is 30.0 Å². The molecule has 5 heteroatoms. The molecule has 0 spiro atoms. The quantitative estimate of drug-likeness (QED) is 0.828. The molecule has 2 unspecified atom stereocenters. The first-order valence-electron chi connectivity index (χ1n) is 6.39. The number of hydrogen-bond donors (Lipinski definition) is 2. The molecule has 1 aliphatic carbocycles. The average Bonchev–Trinajstić information content (AvgIpc) is 2.77. The molecule has 2 aliphatic rings. The van der Waals surface area contributed by atoms with Crippen molar-refractivity contribution < 1.29 is 4.79 Å². The first-order valence-corrected chi connectivity index (χ1v) is 7.55. The van der Waals surface area contributed by atoms with Crippen LogP contribution in [0.1, 0.15) is 32.1 Å². The number of amides is 1. The third-order valence-electron chi connectivity index (χ3n) is 3.88. The second-order valence-electron chi connectivity index (χ2n) is 4.93. The smallest absolute Gasteiger partial charge is 0.223 e. The molecule has 1 aliphatic heterocycles. The molecule has 3 nitrogen and oxygen atoms in total. The monoisotopic (exact) mass is 278 g/mol. The third-order valence-corrected chi connectivity index (χ3v) is 4.93. The number of nitrogens with two attached hydrogens (primary N) is 1. The van der Waals surface area contributed by atoms with Crippen molar-refractivity contribution in [1.82, 2.24) is 5.32 Å². The third kappa shape index (κ3) is 4.04. The van der Waals surface area contributed by atoms with Crippen LogP contribution in [0.15, 0.2) is 0 Å². The Morgan fingerprint density at radius 1 is 1.24 bits per heavy atom. The summed E-state index contributed by atoms with van der Waals surface area (Å²) in [6.45, 7) is 0.714. The molecule has 2 atom stereocenters. The number of carbonyl (C=O) groups is 1. The van der Waals surface area contributed by atoms with E-state index in [4.69, 9.17) is 5.73 Å². The van der Waals surface area contributed by atoms with Crippen molar-refractivity contribution >= 4 is 30.1 Å². The van der Waals surface area contributed by atoms with Crippen molar-refractivity contribution in [3.63, 3.8) is 0 Å². The van der Waals surface area contributed by atoms with Gasteiger partial charge in [-0.1, -0.05) is 6.42 Å². The number of thioether (sulfide) groups is 1. The number of carbonyl (C=O) groups excluding carboxylic acids is 1. The van der Waals surface area contributed by atoms with Crippen molar-refractivity contribution in [2.45, 2.75) is 38.1 Å². The molecule has 0 aromatic rings. The molecule has 17 heavy (non-hydrogen) atoms. The van der Waals surface area contributed by atoms with Crippen molar-refractivity contribution in [1.29, 1.82) is 0 Å². The molecule has 0 bridgehead atoms. The second kappa shape index (κ2) is 7.49. The lowest BCUT2D eigenvalue weighted by molar-refractivity contribution is -0.126. The van der Waals surface area contributed by atoms with Crippen LogP contribution in [0.2, 0.25) is 0 Å². The average molecular weight is 279 g/mol. The van der Waals surface area contributed by atoms with E-state index >= 15 is 0 Å². The van der Waals surface area contributed by atoms with Gasteiger partial charge in [-0.3, -0.25) is 4.79 Å². The van der Waals surface area contributed by atoms with E-state index < -0.39 is 0 Å². The highest BCUT2D eigenvalue weighted by molar-refractivity contribution is 7.99. The molecule has 2 fully saturated rings. The zero-order valence-corrected chi connectivity index (χ0v) is 11.8. The Morgan fingerprint density at radius 3 is 2.59 bits per heavy atom. The fraction of sp³-hybridized carbons (Fsp3) is 0.917. The Balaban J connectivity index is 0.00000144.